The Labute approximate surface area is 200 Å². The van der Waals surface area contributed by atoms with Gasteiger partial charge >= 0.3 is 0 Å². The number of rotatable bonds is 9. The predicted octanol–water partition coefficient (Wildman–Crippen LogP) is 4.49. The van der Waals surface area contributed by atoms with Crippen LogP contribution in [0.15, 0.2) is 70.3 Å². The summed E-state index contributed by atoms with van der Waals surface area (Å²) in [6.45, 7) is 5.76. The highest BCUT2D eigenvalue weighted by molar-refractivity contribution is 14.0. The summed E-state index contributed by atoms with van der Waals surface area (Å²) in [7, 11) is 1.63. The van der Waals surface area contributed by atoms with E-state index in [1.807, 2.05) is 68.4 Å². The van der Waals surface area contributed by atoms with E-state index in [9.17, 15) is 0 Å². The van der Waals surface area contributed by atoms with Gasteiger partial charge in [-0.05, 0) is 38.1 Å². The predicted molar refractivity (Wildman–Crippen MR) is 133 cm³/mol. The second kappa shape index (κ2) is 12.8. The van der Waals surface area contributed by atoms with E-state index in [4.69, 9.17) is 13.9 Å². The van der Waals surface area contributed by atoms with Crippen LogP contribution in [0.4, 0.5) is 0 Å². The third kappa shape index (κ3) is 7.46. The SMILES string of the molecule is CCNC(=NCc1coc(-c2ccccc2)n1)NCC(C)Oc1ccccc1OC.I. The Balaban J connectivity index is 0.00000341. The molecule has 0 aliphatic carbocycles. The lowest BCUT2D eigenvalue weighted by molar-refractivity contribution is 0.213. The molecule has 0 fully saturated rings. The number of hydrogen-bond acceptors (Lipinski definition) is 5. The summed E-state index contributed by atoms with van der Waals surface area (Å²) in [5.74, 6) is 2.72. The summed E-state index contributed by atoms with van der Waals surface area (Å²) >= 11 is 0. The first-order valence-corrected chi connectivity index (χ1v) is 10.0. The van der Waals surface area contributed by atoms with Crippen molar-refractivity contribution in [1.82, 2.24) is 15.6 Å². The van der Waals surface area contributed by atoms with Crippen LogP contribution >= 0.6 is 24.0 Å². The summed E-state index contributed by atoms with van der Waals surface area (Å²) < 4.78 is 16.9. The van der Waals surface area contributed by atoms with Gasteiger partial charge < -0.3 is 24.5 Å². The topological polar surface area (TPSA) is 80.9 Å². The maximum Gasteiger partial charge on any atom is 0.226 e. The molecule has 31 heavy (non-hydrogen) atoms. The number of para-hydroxylation sites is 2. The van der Waals surface area contributed by atoms with Gasteiger partial charge in [0.15, 0.2) is 17.5 Å². The van der Waals surface area contributed by atoms with Crippen molar-refractivity contribution in [1.29, 1.82) is 0 Å². The van der Waals surface area contributed by atoms with Crippen LogP contribution < -0.4 is 20.1 Å². The van der Waals surface area contributed by atoms with E-state index in [1.54, 1.807) is 13.4 Å². The summed E-state index contributed by atoms with van der Waals surface area (Å²) in [4.78, 5) is 9.11. The van der Waals surface area contributed by atoms with Crippen LogP contribution in [0.25, 0.3) is 11.5 Å². The Kier molecular flexibility index (Phi) is 10.2. The van der Waals surface area contributed by atoms with Crippen LogP contribution in [0, 0.1) is 0 Å². The Morgan fingerprint density at radius 2 is 1.77 bits per heavy atom. The minimum atomic E-state index is -0.0816. The van der Waals surface area contributed by atoms with E-state index in [0.29, 0.717) is 36.4 Å². The summed E-state index contributed by atoms with van der Waals surface area (Å²) in [6, 6.07) is 17.4. The Hall–Kier alpha value is -2.75. The molecular formula is C23H29IN4O3. The average molecular weight is 536 g/mol. The fourth-order valence-corrected chi connectivity index (χ4v) is 2.81. The van der Waals surface area contributed by atoms with E-state index in [-0.39, 0.29) is 30.1 Å². The molecule has 0 saturated carbocycles. The zero-order valence-corrected chi connectivity index (χ0v) is 20.3. The average Bonchev–Trinajstić information content (AvgIpc) is 3.26. The number of nitrogens with one attached hydrogen (secondary N) is 2. The van der Waals surface area contributed by atoms with Crippen LogP contribution in [0.3, 0.4) is 0 Å². The first-order valence-electron chi connectivity index (χ1n) is 10.0. The normalized spacial score (nSPS) is 11.9. The molecule has 7 nitrogen and oxygen atoms in total. The molecule has 8 heteroatoms. The molecule has 3 aromatic rings. The number of guanidine groups is 1. The number of methoxy groups -OCH3 is 1. The largest absolute Gasteiger partial charge is 0.493 e. The van der Waals surface area contributed by atoms with Gasteiger partial charge in [-0.15, -0.1) is 24.0 Å². The maximum absolute atomic E-state index is 5.98. The second-order valence-electron chi connectivity index (χ2n) is 6.67. The van der Waals surface area contributed by atoms with Gasteiger partial charge in [0, 0.05) is 12.1 Å². The minimum absolute atomic E-state index is 0. The smallest absolute Gasteiger partial charge is 0.226 e. The number of nitrogens with zero attached hydrogens (tertiary/aromatic N) is 2. The Bertz CT molecular complexity index is 947. The van der Waals surface area contributed by atoms with Gasteiger partial charge in [0.05, 0.1) is 20.2 Å². The first-order chi connectivity index (χ1) is 14.7. The van der Waals surface area contributed by atoms with Crippen LogP contribution in [-0.2, 0) is 6.54 Å². The van der Waals surface area contributed by atoms with Gasteiger partial charge in [-0.1, -0.05) is 30.3 Å². The number of aromatic nitrogens is 1. The lowest BCUT2D eigenvalue weighted by Gasteiger charge is -2.18. The fraction of sp³-hybridized carbons (Fsp3) is 0.304. The van der Waals surface area contributed by atoms with E-state index >= 15 is 0 Å². The molecule has 0 saturated heterocycles. The molecule has 0 radical (unpaired) electrons. The number of ether oxygens (including phenoxy) is 2. The summed E-state index contributed by atoms with van der Waals surface area (Å²) in [5, 5.41) is 6.53. The van der Waals surface area contributed by atoms with Crippen molar-refractivity contribution < 1.29 is 13.9 Å². The molecule has 1 unspecified atom stereocenters. The lowest BCUT2D eigenvalue weighted by atomic mass is 10.2. The molecular weight excluding hydrogens is 507 g/mol. The third-order valence-electron chi connectivity index (χ3n) is 4.27. The zero-order chi connectivity index (χ0) is 21.2. The molecule has 1 atom stereocenters. The Morgan fingerprint density at radius 3 is 2.48 bits per heavy atom. The number of benzene rings is 2. The van der Waals surface area contributed by atoms with Crippen LogP contribution in [0.1, 0.15) is 19.5 Å². The van der Waals surface area contributed by atoms with Crippen molar-refractivity contribution in [3.05, 3.63) is 66.6 Å². The van der Waals surface area contributed by atoms with E-state index in [1.165, 1.54) is 0 Å². The van der Waals surface area contributed by atoms with Gasteiger partial charge in [-0.2, -0.15) is 0 Å². The summed E-state index contributed by atoms with van der Waals surface area (Å²) in [5.41, 5.74) is 1.71. The number of hydrogen-bond donors (Lipinski definition) is 2. The highest BCUT2D eigenvalue weighted by Gasteiger charge is 2.10. The maximum atomic E-state index is 5.98. The molecule has 166 valence electrons. The first kappa shape index (κ1) is 24.5. The molecule has 2 N–H and O–H groups in total. The quantitative estimate of drug-likeness (QED) is 0.238. The lowest BCUT2D eigenvalue weighted by Crippen LogP contribution is -2.41. The monoisotopic (exact) mass is 536 g/mol. The van der Waals surface area contributed by atoms with Gasteiger partial charge in [-0.25, -0.2) is 9.98 Å². The molecule has 1 aromatic heterocycles. The number of halogens is 1. The van der Waals surface area contributed by atoms with Crippen LogP contribution in [0.2, 0.25) is 0 Å². The van der Waals surface area contributed by atoms with Gasteiger partial charge in [0.1, 0.15) is 18.1 Å². The minimum Gasteiger partial charge on any atom is -0.493 e. The molecule has 3 rings (SSSR count). The molecule has 2 aromatic carbocycles. The van der Waals surface area contributed by atoms with Gasteiger partial charge in [-0.3, -0.25) is 0 Å². The van der Waals surface area contributed by atoms with E-state index in [0.717, 1.165) is 17.8 Å². The molecule has 0 spiro atoms. The van der Waals surface area contributed by atoms with Crippen molar-refractivity contribution >= 4 is 29.9 Å². The van der Waals surface area contributed by atoms with Crippen molar-refractivity contribution in [3.8, 4) is 23.0 Å². The van der Waals surface area contributed by atoms with E-state index in [2.05, 4.69) is 20.6 Å². The van der Waals surface area contributed by atoms with Crippen molar-refractivity contribution in [2.45, 2.75) is 26.5 Å². The highest BCUT2D eigenvalue weighted by Crippen LogP contribution is 2.26. The molecule has 0 amide bonds. The van der Waals surface area contributed by atoms with Crippen molar-refractivity contribution in [2.24, 2.45) is 4.99 Å². The second-order valence-corrected chi connectivity index (χ2v) is 6.67. The Morgan fingerprint density at radius 1 is 1.06 bits per heavy atom. The number of oxazole rings is 1. The van der Waals surface area contributed by atoms with Gasteiger partial charge in [0.25, 0.3) is 0 Å². The molecule has 1 heterocycles. The molecule has 0 aliphatic rings. The fourth-order valence-electron chi connectivity index (χ4n) is 2.81. The molecule has 0 aliphatic heterocycles. The standard InChI is InChI=1S/C23H28N4O3.HI/c1-4-24-23(25-14-17(2)30-21-13-9-8-12-20(21)28-3)26-15-19-16-29-22(27-19)18-10-6-5-7-11-18;/h5-13,16-17H,4,14-15H2,1-3H3,(H2,24,25,26);1H. The zero-order valence-electron chi connectivity index (χ0n) is 18.0. The van der Waals surface area contributed by atoms with Gasteiger partial charge in [0.2, 0.25) is 5.89 Å². The highest BCUT2D eigenvalue weighted by atomic mass is 127. The van der Waals surface area contributed by atoms with Crippen LogP contribution in [-0.4, -0.2) is 37.2 Å². The number of aliphatic imine (C=N–C) groups is 1. The van der Waals surface area contributed by atoms with Crippen molar-refractivity contribution in [2.75, 3.05) is 20.2 Å². The summed E-state index contributed by atoms with van der Waals surface area (Å²) in [6.07, 6.45) is 1.56. The van der Waals surface area contributed by atoms with Crippen molar-refractivity contribution in [3.63, 3.8) is 0 Å². The molecule has 0 bridgehead atoms. The van der Waals surface area contributed by atoms with E-state index < -0.39 is 0 Å². The van der Waals surface area contributed by atoms with Crippen LogP contribution in [0.5, 0.6) is 11.5 Å². The third-order valence-corrected chi connectivity index (χ3v) is 4.27.